The third-order valence-corrected chi connectivity index (χ3v) is 6.64. The van der Waals surface area contributed by atoms with Gasteiger partial charge in [-0.15, -0.1) is 0 Å². The summed E-state index contributed by atoms with van der Waals surface area (Å²) in [6.07, 6.45) is 0. The first kappa shape index (κ1) is 21.5. The molecule has 0 radical (unpaired) electrons. The van der Waals surface area contributed by atoms with Crippen LogP contribution in [0.5, 0.6) is 0 Å². The minimum absolute atomic E-state index is 0.0419. The average molecular weight is 419 g/mol. The van der Waals surface area contributed by atoms with E-state index in [2.05, 4.69) is 73.8 Å². The van der Waals surface area contributed by atoms with Gasteiger partial charge in [-0.05, 0) is 42.4 Å². The van der Waals surface area contributed by atoms with Crippen molar-refractivity contribution in [2.24, 2.45) is 0 Å². The van der Waals surface area contributed by atoms with Crippen LogP contribution in [-0.4, -0.2) is 61.8 Å². The Balaban J connectivity index is 1.51. The molecule has 0 saturated carbocycles. The summed E-state index contributed by atoms with van der Waals surface area (Å²) in [5.41, 5.74) is 5.27. The fourth-order valence-corrected chi connectivity index (χ4v) is 4.43. The molecule has 2 unspecified atom stereocenters. The SMILES string of the molecule is C[C@H](c1cccc2ccccc12)N(C)CC1COCC[N+]1(C)NC(=O)c1ccccc1. The van der Waals surface area contributed by atoms with E-state index in [1.807, 2.05) is 30.3 Å². The van der Waals surface area contributed by atoms with Crippen molar-refractivity contribution < 1.29 is 14.1 Å². The Hall–Kier alpha value is -2.73. The van der Waals surface area contributed by atoms with Crippen LogP contribution in [0.3, 0.4) is 0 Å². The minimum Gasteiger partial charge on any atom is -0.369 e. The van der Waals surface area contributed by atoms with E-state index in [4.69, 9.17) is 4.74 Å². The van der Waals surface area contributed by atoms with Crippen LogP contribution in [0.25, 0.3) is 10.8 Å². The fraction of sp³-hybridized carbons (Fsp3) is 0.346. The number of carbonyl (C=O) groups is 1. The van der Waals surface area contributed by atoms with Gasteiger partial charge in [-0.1, -0.05) is 60.7 Å². The molecular formula is C26H32N3O2+. The standard InChI is InChI=1S/C26H31N3O2/c1-20(24-15-9-13-21-10-7-8-14-25(21)24)28(2)18-23-19-31-17-16-29(23,3)27-26(30)22-11-5-4-6-12-22/h4-15,20,23H,16-19H2,1-3H3/p+1/t20-,23?,29?/m1/s1. The van der Waals surface area contributed by atoms with E-state index in [9.17, 15) is 4.79 Å². The summed E-state index contributed by atoms with van der Waals surface area (Å²) < 4.78 is 6.30. The molecule has 3 aromatic carbocycles. The fourth-order valence-electron chi connectivity index (χ4n) is 4.43. The van der Waals surface area contributed by atoms with Gasteiger partial charge in [0.25, 0.3) is 5.91 Å². The molecule has 1 saturated heterocycles. The summed E-state index contributed by atoms with van der Waals surface area (Å²) in [7, 11) is 4.26. The summed E-state index contributed by atoms with van der Waals surface area (Å²) in [4.78, 5) is 15.2. The number of hydrogen-bond donors (Lipinski definition) is 1. The molecule has 1 aliphatic heterocycles. The first-order chi connectivity index (χ1) is 15.0. The van der Waals surface area contributed by atoms with Crippen molar-refractivity contribution >= 4 is 16.7 Å². The number of rotatable bonds is 6. The van der Waals surface area contributed by atoms with E-state index in [0.29, 0.717) is 23.4 Å². The van der Waals surface area contributed by atoms with Gasteiger partial charge in [0.1, 0.15) is 19.2 Å². The average Bonchev–Trinajstić information content (AvgIpc) is 2.80. The summed E-state index contributed by atoms with van der Waals surface area (Å²) in [5.74, 6) is -0.0419. The third-order valence-electron chi connectivity index (χ3n) is 6.64. The number of fused-ring (bicyclic) bond motifs is 1. The summed E-state index contributed by atoms with van der Waals surface area (Å²) >= 11 is 0. The van der Waals surface area contributed by atoms with E-state index < -0.39 is 0 Å². The number of amides is 1. The van der Waals surface area contributed by atoms with Gasteiger partial charge < -0.3 is 4.74 Å². The molecule has 0 aromatic heterocycles. The van der Waals surface area contributed by atoms with E-state index >= 15 is 0 Å². The molecule has 3 atom stereocenters. The van der Waals surface area contributed by atoms with Crippen molar-refractivity contribution in [2.45, 2.75) is 19.0 Å². The molecule has 5 nitrogen and oxygen atoms in total. The van der Waals surface area contributed by atoms with Crippen LogP contribution in [0.4, 0.5) is 0 Å². The molecule has 0 bridgehead atoms. The second-order valence-corrected chi connectivity index (χ2v) is 8.71. The number of hydrogen-bond acceptors (Lipinski definition) is 3. The highest BCUT2D eigenvalue weighted by atomic mass is 16.5. The first-order valence-corrected chi connectivity index (χ1v) is 11.0. The number of carbonyl (C=O) groups excluding carboxylic acids is 1. The van der Waals surface area contributed by atoms with Crippen molar-refractivity contribution in [3.63, 3.8) is 0 Å². The van der Waals surface area contributed by atoms with E-state index in [-0.39, 0.29) is 18.0 Å². The second kappa shape index (κ2) is 9.18. The van der Waals surface area contributed by atoms with Gasteiger partial charge in [0.2, 0.25) is 0 Å². The van der Waals surface area contributed by atoms with Crippen LogP contribution in [0.1, 0.15) is 28.9 Å². The van der Waals surface area contributed by atoms with Crippen molar-refractivity contribution in [1.29, 1.82) is 0 Å². The quantitative estimate of drug-likeness (QED) is 0.615. The molecule has 3 aromatic rings. The summed E-state index contributed by atoms with van der Waals surface area (Å²) in [5, 5.41) is 2.55. The molecule has 1 amide bonds. The van der Waals surface area contributed by atoms with Crippen LogP contribution >= 0.6 is 0 Å². The molecule has 31 heavy (non-hydrogen) atoms. The number of nitrogens with zero attached hydrogens (tertiary/aromatic N) is 2. The van der Waals surface area contributed by atoms with E-state index in [0.717, 1.165) is 13.1 Å². The monoisotopic (exact) mass is 418 g/mol. The lowest BCUT2D eigenvalue weighted by molar-refractivity contribution is -0.972. The molecule has 5 heteroatoms. The largest absolute Gasteiger partial charge is 0.369 e. The lowest BCUT2D eigenvalue weighted by Crippen LogP contribution is -2.69. The van der Waals surface area contributed by atoms with Gasteiger partial charge in [-0.3, -0.25) is 9.69 Å². The van der Waals surface area contributed by atoms with Crippen molar-refractivity contribution in [3.05, 3.63) is 83.9 Å². The molecule has 1 heterocycles. The highest BCUT2D eigenvalue weighted by Gasteiger charge is 2.40. The van der Waals surface area contributed by atoms with Gasteiger partial charge in [0.05, 0.1) is 20.2 Å². The Morgan fingerprint density at radius 3 is 2.61 bits per heavy atom. The third kappa shape index (κ3) is 4.64. The Labute approximate surface area is 184 Å². The normalized spacial score (nSPS) is 22.4. The van der Waals surface area contributed by atoms with Gasteiger partial charge in [0, 0.05) is 11.6 Å². The predicted octanol–water partition coefficient (Wildman–Crippen LogP) is 4.02. The Kier molecular flexibility index (Phi) is 6.37. The van der Waals surface area contributed by atoms with Gasteiger partial charge in [-0.2, -0.15) is 5.43 Å². The maximum absolute atomic E-state index is 12.9. The van der Waals surface area contributed by atoms with Gasteiger partial charge in [0.15, 0.2) is 0 Å². The first-order valence-electron chi connectivity index (χ1n) is 11.0. The molecule has 1 fully saturated rings. The topological polar surface area (TPSA) is 41.6 Å². The van der Waals surface area contributed by atoms with Gasteiger partial charge >= 0.3 is 0 Å². The zero-order valence-corrected chi connectivity index (χ0v) is 18.6. The van der Waals surface area contributed by atoms with Crippen LogP contribution in [-0.2, 0) is 4.74 Å². The Morgan fingerprint density at radius 2 is 1.81 bits per heavy atom. The minimum atomic E-state index is -0.0419. The number of quaternary nitrogens is 1. The maximum atomic E-state index is 12.9. The Morgan fingerprint density at radius 1 is 1.10 bits per heavy atom. The molecule has 1 aliphatic rings. The smallest absolute Gasteiger partial charge is 0.295 e. The number of nitrogens with one attached hydrogen (secondary N) is 1. The van der Waals surface area contributed by atoms with Crippen LogP contribution < -0.4 is 5.43 Å². The predicted molar refractivity (Wildman–Crippen MR) is 125 cm³/mol. The highest BCUT2D eigenvalue weighted by molar-refractivity contribution is 5.93. The molecule has 1 N–H and O–H groups in total. The highest BCUT2D eigenvalue weighted by Crippen LogP contribution is 2.28. The van der Waals surface area contributed by atoms with Crippen LogP contribution in [0.2, 0.25) is 0 Å². The molecule has 0 aliphatic carbocycles. The summed E-state index contributed by atoms with van der Waals surface area (Å²) in [6, 6.07) is 24.8. The van der Waals surface area contributed by atoms with Crippen molar-refractivity contribution in [2.75, 3.05) is 40.4 Å². The molecule has 0 spiro atoms. The number of likely N-dealkylation sites (N-methyl/N-ethyl adjacent to an activating group) is 2. The number of morpholine rings is 1. The molecular weight excluding hydrogens is 386 g/mol. The molecule has 4 rings (SSSR count). The van der Waals surface area contributed by atoms with Crippen LogP contribution in [0.15, 0.2) is 72.8 Å². The van der Waals surface area contributed by atoms with E-state index in [1.54, 1.807) is 0 Å². The summed E-state index contributed by atoms with van der Waals surface area (Å²) in [6.45, 7) is 5.08. The zero-order valence-electron chi connectivity index (χ0n) is 18.6. The van der Waals surface area contributed by atoms with Crippen molar-refractivity contribution in [3.8, 4) is 0 Å². The van der Waals surface area contributed by atoms with Gasteiger partial charge in [-0.25, -0.2) is 4.59 Å². The molecule has 162 valence electrons. The lowest BCUT2D eigenvalue weighted by atomic mass is 9.98. The zero-order chi connectivity index (χ0) is 21.8. The van der Waals surface area contributed by atoms with E-state index in [1.165, 1.54) is 16.3 Å². The van der Waals surface area contributed by atoms with Crippen molar-refractivity contribution in [1.82, 2.24) is 10.3 Å². The Bertz CT molecular complexity index is 1030. The maximum Gasteiger partial charge on any atom is 0.295 e. The number of ether oxygens (including phenoxy) is 1. The number of benzene rings is 3. The van der Waals surface area contributed by atoms with Crippen LogP contribution in [0, 0.1) is 0 Å². The lowest BCUT2D eigenvalue weighted by Gasteiger charge is -2.45. The second-order valence-electron chi connectivity index (χ2n) is 8.71.